The van der Waals surface area contributed by atoms with Gasteiger partial charge in [-0.25, -0.2) is 0 Å². The van der Waals surface area contributed by atoms with Gasteiger partial charge in [0.15, 0.2) is 0 Å². The first-order valence-electron chi connectivity index (χ1n) is 10.4. The first kappa shape index (κ1) is 24.1. The Hall–Kier alpha value is -2.16. The predicted molar refractivity (Wildman–Crippen MR) is 135 cm³/mol. The SMILES string of the molecule is C=CC(=C\Cl)/C(=C(/c1ccc(Cl)cc1)N(C)C)c1cccc(N(CCC)CCC)c1. The van der Waals surface area contributed by atoms with E-state index in [1.807, 2.05) is 44.4 Å². The summed E-state index contributed by atoms with van der Waals surface area (Å²) in [6, 6.07) is 16.6. The highest BCUT2D eigenvalue weighted by molar-refractivity contribution is 6.30. The molecule has 0 heterocycles. The Bertz CT molecular complexity index is 890. The lowest BCUT2D eigenvalue weighted by Crippen LogP contribution is -2.24. The number of allylic oxidation sites excluding steroid dienone is 3. The molecule has 0 N–H and O–H groups in total. The van der Waals surface area contributed by atoms with Crippen molar-refractivity contribution < 1.29 is 0 Å². The molecule has 4 heteroatoms. The van der Waals surface area contributed by atoms with Gasteiger partial charge in [-0.15, -0.1) is 0 Å². The Morgan fingerprint density at radius 2 is 1.60 bits per heavy atom. The van der Waals surface area contributed by atoms with E-state index in [1.54, 1.807) is 5.54 Å². The molecule has 0 spiro atoms. The quantitative estimate of drug-likeness (QED) is 0.274. The second kappa shape index (κ2) is 11.9. The number of nitrogens with zero attached hydrogens (tertiary/aromatic N) is 2. The highest BCUT2D eigenvalue weighted by atomic mass is 35.5. The van der Waals surface area contributed by atoms with Gasteiger partial charge in [-0.3, -0.25) is 0 Å². The molecule has 0 aliphatic carbocycles. The predicted octanol–water partition coefficient (Wildman–Crippen LogP) is 7.71. The van der Waals surface area contributed by atoms with Crippen LogP contribution in [0.1, 0.15) is 37.8 Å². The van der Waals surface area contributed by atoms with E-state index in [0.29, 0.717) is 5.02 Å². The van der Waals surface area contributed by atoms with Crippen molar-refractivity contribution in [1.82, 2.24) is 4.90 Å². The zero-order chi connectivity index (χ0) is 22.1. The number of anilines is 1. The molecule has 160 valence electrons. The van der Waals surface area contributed by atoms with E-state index in [0.717, 1.165) is 53.9 Å². The van der Waals surface area contributed by atoms with Crippen LogP contribution in [0.5, 0.6) is 0 Å². The Labute approximate surface area is 192 Å². The van der Waals surface area contributed by atoms with Gasteiger partial charge < -0.3 is 9.80 Å². The summed E-state index contributed by atoms with van der Waals surface area (Å²) in [4.78, 5) is 4.56. The Morgan fingerprint density at radius 3 is 2.10 bits per heavy atom. The molecule has 0 bridgehead atoms. The van der Waals surface area contributed by atoms with Gasteiger partial charge in [-0.1, -0.05) is 74.0 Å². The van der Waals surface area contributed by atoms with E-state index >= 15 is 0 Å². The van der Waals surface area contributed by atoms with Crippen molar-refractivity contribution in [1.29, 1.82) is 0 Å². The van der Waals surface area contributed by atoms with Crippen LogP contribution in [0.3, 0.4) is 0 Å². The third-order valence-corrected chi connectivity index (χ3v) is 5.40. The van der Waals surface area contributed by atoms with Crippen LogP contribution in [0.2, 0.25) is 5.02 Å². The normalized spacial score (nSPS) is 12.4. The minimum absolute atomic E-state index is 0.715. The van der Waals surface area contributed by atoms with Gasteiger partial charge in [0.05, 0.1) is 5.70 Å². The largest absolute Gasteiger partial charge is 0.377 e. The minimum atomic E-state index is 0.715. The van der Waals surface area contributed by atoms with E-state index in [-0.39, 0.29) is 0 Å². The first-order chi connectivity index (χ1) is 14.5. The molecule has 30 heavy (non-hydrogen) atoms. The molecule has 0 unspecified atom stereocenters. The summed E-state index contributed by atoms with van der Waals surface area (Å²) in [5.74, 6) is 0. The van der Waals surface area contributed by atoms with Crippen LogP contribution in [-0.4, -0.2) is 32.1 Å². The van der Waals surface area contributed by atoms with Crippen LogP contribution in [0.4, 0.5) is 5.69 Å². The standard InChI is InChI=1S/C26H32Cl2N2/c1-6-16-30(17-7-2)24-11-9-10-22(18-24)25(20(8-3)19-27)26(29(4)5)21-12-14-23(28)15-13-21/h8-15,18-19H,3,6-7,16-17H2,1-2,4-5H3/b20-19+,26-25+. The lowest BCUT2D eigenvalue weighted by atomic mass is 9.92. The van der Waals surface area contributed by atoms with Crippen molar-refractivity contribution in [3.05, 3.63) is 88.4 Å². The fourth-order valence-corrected chi connectivity index (χ4v) is 3.97. The summed E-state index contributed by atoms with van der Waals surface area (Å²) in [6.07, 6.45) is 4.03. The topological polar surface area (TPSA) is 6.48 Å². The van der Waals surface area contributed by atoms with E-state index in [4.69, 9.17) is 23.2 Å². The summed E-state index contributed by atoms with van der Waals surface area (Å²) in [5.41, 5.74) is 7.99. The molecule has 0 atom stereocenters. The molecule has 2 nitrogen and oxygen atoms in total. The Balaban J connectivity index is 2.76. The van der Waals surface area contributed by atoms with E-state index in [2.05, 4.69) is 54.5 Å². The van der Waals surface area contributed by atoms with Crippen molar-refractivity contribution in [2.24, 2.45) is 0 Å². The maximum atomic E-state index is 6.26. The van der Waals surface area contributed by atoms with E-state index in [9.17, 15) is 0 Å². The highest BCUT2D eigenvalue weighted by Crippen LogP contribution is 2.36. The number of hydrogen-bond acceptors (Lipinski definition) is 2. The molecule has 0 aromatic heterocycles. The smallest absolute Gasteiger partial charge is 0.0520 e. The number of halogens is 2. The van der Waals surface area contributed by atoms with Crippen LogP contribution in [0, 0.1) is 0 Å². The van der Waals surface area contributed by atoms with Gasteiger partial charge >= 0.3 is 0 Å². The third kappa shape index (κ3) is 5.93. The van der Waals surface area contributed by atoms with Crippen molar-refractivity contribution in [3.63, 3.8) is 0 Å². The van der Waals surface area contributed by atoms with Crippen LogP contribution in [0.25, 0.3) is 11.3 Å². The molecule has 0 fully saturated rings. The molecule has 2 rings (SSSR count). The number of hydrogen-bond donors (Lipinski definition) is 0. The van der Waals surface area contributed by atoms with Crippen molar-refractivity contribution in [2.45, 2.75) is 26.7 Å². The summed E-state index contributed by atoms with van der Waals surface area (Å²) in [7, 11) is 4.09. The fourth-order valence-electron chi connectivity index (χ4n) is 3.64. The molecule has 2 aromatic rings. The summed E-state index contributed by atoms with van der Waals surface area (Å²) < 4.78 is 0. The van der Waals surface area contributed by atoms with Crippen LogP contribution in [0.15, 0.2) is 72.3 Å². The minimum Gasteiger partial charge on any atom is -0.377 e. The Morgan fingerprint density at radius 1 is 0.967 bits per heavy atom. The van der Waals surface area contributed by atoms with Gasteiger partial charge in [0, 0.05) is 49.0 Å². The van der Waals surface area contributed by atoms with Crippen LogP contribution in [-0.2, 0) is 0 Å². The highest BCUT2D eigenvalue weighted by Gasteiger charge is 2.18. The van der Waals surface area contributed by atoms with Gasteiger partial charge in [0.1, 0.15) is 0 Å². The van der Waals surface area contributed by atoms with Crippen molar-refractivity contribution in [2.75, 3.05) is 32.1 Å². The molecule has 0 aliphatic heterocycles. The second-order valence-corrected chi connectivity index (χ2v) is 8.09. The molecule has 2 aromatic carbocycles. The number of benzene rings is 2. The maximum absolute atomic E-state index is 6.26. The zero-order valence-electron chi connectivity index (χ0n) is 18.5. The molecule has 0 saturated heterocycles. The summed E-state index contributed by atoms with van der Waals surface area (Å²) in [6.45, 7) is 10.5. The summed E-state index contributed by atoms with van der Waals surface area (Å²) >= 11 is 12.4. The molecule has 0 saturated carbocycles. The van der Waals surface area contributed by atoms with Crippen molar-refractivity contribution >= 4 is 40.2 Å². The lowest BCUT2D eigenvalue weighted by molar-refractivity contribution is 0.593. The molecule has 0 radical (unpaired) electrons. The van der Waals surface area contributed by atoms with E-state index in [1.165, 1.54) is 5.69 Å². The number of rotatable bonds is 10. The lowest BCUT2D eigenvalue weighted by Gasteiger charge is -2.27. The van der Waals surface area contributed by atoms with Gasteiger partial charge in [0.2, 0.25) is 0 Å². The average Bonchev–Trinajstić information content (AvgIpc) is 2.74. The van der Waals surface area contributed by atoms with Crippen molar-refractivity contribution in [3.8, 4) is 0 Å². The van der Waals surface area contributed by atoms with Crippen LogP contribution < -0.4 is 4.90 Å². The third-order valence-electron chi connectivity index (χ3n) is 4.91. The average molecular weight is 443 g/mol. The van der Waals surface area contributed by atoms with Gasteiger partial charge in [-0.05, 0) is 53.8 Å². The molecular weight excluding hydrogens is 411 g/mol. The second-order valence-electron chi connectivity index (χ2n) is 7.43. The fraction of sp³-hybridized carbons (Fsp3) is 0.308. The molecule has 0 aliphatic rings. The molecular formula is C26H32Cl2N2. The monoisotopic (exact) mass is 442 g/mol. The summed E-state index contributed by atoms with van der Waals surface area (Å²) in [5, 5.41) is 0.715. The van der Waals surface area contributed by atoms with Gasteiger partial charge in [-0.2, -0.15) is 0 Å². The molecule has 0 amide bonds. The first-order valence-corrected chi connectivity index (χ1v) is 11.2. The van der Waals surface area contributed by atoms with Gasteiger partial charge in [0.25, 0.3) is 0 Å². The van der Waals surface area contributed by atoms with E-state index < -0.39 is 0 Å². The maximum Gasteiger partial charge on any atom is 0.0520 e. The zero-order valence-corrected chi connectivity index (χ0v) is 20.0. The Kier molecular flexibility index (Phi) is 9.55. The van der Waals surface area contributed by atoms with Crippen LogP contribution >= 0.6 is 23.2 Å².